The zero-order valence-electron chi connectivity index (χ0n) is 12.5. The highest BCUT2D eigenvalue weighted by molar-refractivity contribution is 7.19. The molecule has 0 bridgehead atoms. The fraction of sp³-hybridized carbons (Fsp3) is 0.375. The van der Waals surface area contributed by atoms with E-state index < -0.39 is 0 Å². The van der Waals surface area contributed by atoms with Crippen molar-refractivity contribution >= 4 is 39.0 Å². The van der Waals surface area contributed by atoms with Crippen molar-refractivity contribution in [3.8, 4) is 0 Å². The summed E-state index contributed by atoms with van der Waals surface area (Å²) in [7, 11) is 0. The first-order valence-electron chi connectivity index (χ1n) is 7.71. The highest BCUT2D eigenvalue weighted by Gasteiger charge is 2.31. The topological polar surface area (TPSA) is 77.0 Å². The van der Waals surface area contributed by atoms with Crippen molar-refractivity contribution < 1.29 is 4.42 Å². The summed E-state index contributed by atoms with van der Waals surface area (Å²) in [5.41, 5.74) is 8.10. The summed E-state index contributed by atoms with van der Waals surface area (Å²) in [6.45, 7) is 1.21. The number of aromatic nitrogens is 2. The van der Waals surface area contributed by atoms with Crippen molar-refractivity contribution in [2.75, 3.05) is 11.9 Å². The second-order valence-corrected chi connectivity index (χ2v) is 7.15. The van der Waals surface area contributed by atoms with Gasteiger partial charge in [0, 0.05) is 4.88 Å². The highest BCUT2D eigenvalue weighted by atomic mass is 35.5. The van der Waals surface area contributed by atoms with Gasteiger partial charge in [0.25, 0.3) is 0 Å². The van der Waals surface area contributed by atoms with Crippen LogP contribution in [0.3, 0.4) is 0 Å². The fourth-order valence-corrected chi connectivity index (χ4v) is 4.30. The van der Waals surface area contributed by atoms with E-state index in [1.54, 1.807) is 17.6 Å². The number of nitrogens with two attached hydrogens (primary N) is 1. The number of halogens is 1. The van der Waals surface area contributed by atoms with E-state index in [4.69, 9.17) is 21.8 Å². The summed E-state index contributed by atoms with van der Waals surface area (Å²) in [5.74, 6) is 2.23. The summed E-state index contributed by atoms with van der Waals surface area (Å²) < 4.78 is 6.42. The van der Waals surface area contributed by atoms with E-state index in [0.29, 0.717) is 19.0 Å². The Balaban J connectivity index is 1.76. The lowest BCUT2D eigenvalue weighted by Gasteiger charge is -2.05. The van der Waals surface area contributed by atoms with Crippen molar-refractivity contribution in [1.82, 2.24) is 9.97 Å². The van der Waals surface area contributed by atoms with E-state index in [-0.39, 0.29) is 5.28 Å². The van der Waals surface area contributed by atoms with E-state index in [2.05, 4.69) is 15.3 Å². The van der Waals surface area contributed by atoms with Gasteiger partial charge in [0.1, 0.15) is 11.6 Å². The van der Waals surface area contributed by atoms with Gasteiger partial charge < -0.3 is 15.5 Å². The van der Waals surface area contributed by atoms with Crippen LogP contribution in [0.4, 0.5) is 5.82 Å². The largest absolute Gasteiger partial charge is 0.467 e. The van der Waals surface area contributed by atoms with Crippen LogP contribution in [0.15, 0.2) is 22.8 Å². The SMILES string of the molecule is NCCc1sc2c(NCc3ccco3)nc(Cl)nc2c1C1CC1. The lowest BCUT2D eigenvalue weighted by atomic mass is 10.1. The number of rotatable bonds is 6. The molecular formula is C16H17ClN4OS. The first-order valence-corrected chi connectivity index (χ1v) is 8.91. The van der Waals surface area contributed by atoms with Gasteiger partial charge in [0.05, 0.1) is 23.0 Å². The quantitative estimate of drug-likeness (QED) is 0.660. The lowest BCUT2D eigenvalue weighted by Crippen LogP contribution is -2.03. The van der Waals surface area contributed by atoms with E-state index in [1.165, 1.54) is 23.3 Å². The van der Waals surface area contributed by atoms with Crippen LogP contribution < -0.4 is 11.1 Å². The summed E-state index contributed by atoms with van der Waals surface area (Å²) in [6.07, 6.45) is 4.98. The minimum atomic E-state index is 0.276. The van der Waals surface area contributed by atoms with Gasteiger partial charge in [-0.25, -0.2) is 4.98 Å². The predicted molar refractivity (Wildman–Crippen MR) is 93.2 cm³/mol. The zero-order valence-corrected chi connectivity index (χ0v) is 14.1. The Bertz CT molecular complexity index is 826. The van der Waals surface area contributed by atoms with Crippen LogP contribution in [-0.2, 0) is 13.0 Å². The molecule has 3 heterocycles. The molecule has 0 aliphatic heterocycles. The second kappa shape index (κ2) is 6.11. The molecule has 0 amide bonds. The molecule has 1 fully saturated rings. The number of furan rings is 1. The minimum Gasteiger partial charge on any atom is -0.467 e. The van der Waals surface area contributed by atoms with Crippen LogP contribution in [0.5, 0.6) is 0 Å². The lowest BCUT2D eigenvalue weighted by molar-refractivity contribution is 0.518. The number of hydrogen-bond acceptors (Lipinski definition) is 6. The van der Waals surface area contributed by atoms with E-state index >= 15 is 0 Å². The van der Waals surface area contributed by atoms with Gasteiger partial charge in [-0.15, -0.1) is 11.3 Å². The molecule has 0 spiro atoms. The number of fused-ring (bicyclic) bond motifs is 1. The van der Waals surface area contributed by atoms with Gasteiger partial charge in [0.15, 0.2) is 0 Å². The first kappa shape index (κ1) is 14.9. The van der Waals surface area contributed by atoms with Crippen LogP contribution in [0.1, 0.15) is 35.0 Å². The molecular weight excluding hydrogens is 332 g/mol. The molecule has 0 saturated heterocycles. The Morgan fingerprint density at radius 1 is 1.39 bits per heavy atom. The number of hydrogen-bond donors (Lipinski definition) is 2. The van der Waals surface area contributed by atoms with Crippen molar-refractivity contribution in [3.05, 3.63) is 39.9 Å². The molecule has 120 valence electrons. The molecule has 0 unspecified atom stereocenters. The van der Waals surface area contributed by atoms with Crippen LogP contribution >= 0.6 is 22.9 Å². The van der Waals surface area contributed by atoms with Crippen LogP contribution in [0.25, 0.3) is 10.2 Å². The summed E-state index contributed by atoms with van der Waals surface area (Å²) in [4.78, 5) is 10.2. The maximum Gasteiger partial charge on any atom is 0.224 e. The van der Waals surface area contributed by atoms with E-state index in [9.17, 15) is 0 Å². The third-order valence-corrected chi connectivity index (χ3v) is 5.42. The third kappa shape index (κ3) is 2.94. The van der Waals surface area contributed by atoms with Crippen LogP contribution in [0, 0.1) is 0 Å². The second-order valence-electron chi connectivity index (χ2n) is 5.70. The molecule has 1 saturated carbocycles. The smallest absolute Gasteiger partial charge is 0.224 e. The standard InChI is InChI=1S/C16H17ClN4OS/c17-16-20-13-12(9-3-4-9)11(5-6-18)23-14(13)15(21-16)19-8-10-2-1-7-22-10/h1-2,7,9H,3-6,8,18H2,(H,19,20,21). The van der Waals surface area contributed by atoms with Crippen molar-refractivity contribution in [3.63, 3.8) is 0 Å². The average Bonchev–Trinajstić information content (AvgIpc) is 3.09. The summed E-state index contributed by atoms with van der Waals surface area (Å²) in [5, 5.41) is 3.60. The van der Waals surface area contributed by atoms with Crippen molar-refractivity contribution in [1.29, 1.82) is 0 Å². The maximum atomic E-state index is 6.16. The first-order chi connectivity index (χ1) is 11.3. The average molecular weight is 349 g/mol. The molecule has 4 rings (SSSR count). The summed E-state index contributed by atoms with van der Waals surface area (Å²) >= 11 is 7.89. The van der Waals surface area contributed by atoms with Crippen molar-refractivity contribution in [2.24, 2.45) is 5.73 Å². The Hall–Kier alpha value is -1.63. The van der Waals surface area contributed by atoms with E-state index in [0.717, 1.165) is 28.2 Å². The molecule has 0 radical (unpaired) electrons. The predicted octanol–water partition coefficient (Wildman–Crippen LogP) is 3.93. The minimum absolute atomic E-state index is 0.276. The monoisotopic (exact) mass is 348 g/mol. The number of nitrogens with zero attached hydrogens (tertiary/aromatic N) is 2. The molecule has 1 aliphatic rings. The molecule has 1 aliphatic carbocycles. The van der Waals surface area contributed by atoms with Crippen molar-refractivity contribution in [2.45, 2.75) is 31.7 Å². The van der Waals surface area contributed by atoms with Gasteiger partial charge in [-0.05, 0) is 61.0 Å². The fourth-order valence-electron chi connectivity index (χ4n) is 2.83. The van der Waals surface area contributed by atoms with Gasteiger partial charge in [-0.2, -0.15) is 4.98 Å². The van der Waals surface area contributed by atoms with Gasteiger partial charge >= 0.3 is 0 Å². The molecule has 0 aromatic carbocycles. The van der Waals surface area contributed by atoms with Gasteiger partial charge in [-0.3, -0.25) is 0 Å². The molecule has 0 atom stereocenters. The van der Waals surface area contributed by atoms with Gasteiger partial charge in [0.2, 0.25) is 5.28 Å². The molecule has 7 heteroatoms. The number of anilines is 1. The Kier molecular flexibility index (Phi) is 3.97. The number of thiophene rings is 1. The Morgan fingerprint density at radius 2 is 2.26 bits per heavy atom. The molecule has 23 heavy (non-hydrogen) atoms. The van der Waals surface area contributed by atoms with Crippen LogP contribution in [0.2, 0.25) is 5.28 Å². The summed E-state index contributed by atoms with van der Waals surface area (Å²) in [6, 6.07) is 3.80. The third-order valence-electron chi connectivity index (χ3n) is 3.99. The Morgan fingerprint density at radius 3 is 2.96 bits per heavy atom. The highest BCUT2D eigenvalue weighted by Crippen LogP contribution is 2.48. The van der Waals surface area contributed by atoms with E-state index in [1.807, 2.05) is 12.1 Å². The molecule has 3 aromatic heterocycles. The zero-order chi connectivity index (χ0) is 15.8. The van der Waals surface area contributed by atoms with Gasteiger partial charge in [-0.1, -0.05) is 0 Å². The molecule has 3 N–H and O–H groups in total. The molecule has 5 nitrogen and oxygen atoms in total. The Labute approximate surface area is 142 Å². The molecule has 3 aromatic rings. The maximum absolute atomic E-state index is 6.16. The normalized spacial score (nSPS) is 14.5. The number of nitrogens with one attached hydrogen (secondary N) is 1. The van der Waals surface area contributed by atoms with Crippen LogP contribution in [-0.4, -0.2) is 16.5 Å².